The molecule has 0 radical (unpaired) electrons. The molecule has 2 rings (SSSR count). The van der Waals surface area contributed by atoms with Gasteiger partial charge in [0.2, 0.25) is 0 Å². The number of hydrogen-bond donors (Lipinski definition) is 0. The Morgan fingerprint density at radius 2 is 2.28 bits per heavy atom. The molecule has 2 nitrogen and oxygen atoms in total. The molecule has 96 valence electrons. The molecule has 0 aromatic carbocycles. The molecule has 1 atom stereocenters. The zero-order chi connectivity index (χ0) is 13.1. The second kappa shape index (κ2) is 5.85. The highest BCUT2D eigenvalue weighted by Gasteiger charge is 2.15. The van der Waals surface area contributed by atoms with Crippen molar-refractivity contribution in [1.82, 2.24) is 4.98 Å². The van der Waals surface area contributed by atoms with Crippen molar-refractivity contribution in [3.63, 3.8) is 0 Å². The number of aryl methyl sites for hydroxylation is 1. The van der Waals surface area contributed by atoms with Gasteiger partial charge in [0.1, 0.15) is 5.82 Å². The quantitative estimate of drug-likeness (QED) is 0.834. The Morgan fingerprint density at radius 1 is 1.50 bits per heavy atom. The maximum Gasteiger partial charge on any atom is 0.142 e. The van der Waals surface area contributed by atoms with Gasteiger partial charge in [0.15, 0.2) is 0 Å². The number of hydrogen-bond acceptors (Lipinski definition) is 3. The summed E-state index contributed by atoms with van der Waals surface area (Å²) in [6.45, 7) is 4.28. The molecule has 4 heteroatoms. The third kappa shape index (κ3) is 3.12. The molecule has 0 fully saturated rings. The Balaban J connectivity index is 2.12. The van der Waals surface area contributed by atoms with Crippen LogP contribution in [0.2, 0.25) is 0 Å². The van der Waals surface area contributed by atoms with Crippen molar-refractivity contribution in [1.29, 1.82) is 0 Å². The summed E-state index contributed by atoms with van der Waals surface area (Å²) in [6, 6.07) is 6.82. The maximum atomic E-state index is 4.51. The van der Waals surface area contributed by atoms with Crippen LogP contribution in [0.1, 0.15) is 17.4 Å². The van der Waals surface area contributed by atoms with Gasteiger partial charge >= 0.3 is 0 Å². The molecule has 0 saturated carbocycles. The summed E-state index contributed by atoms with van der Waals surface area (Å²) in [4.78, 5) is 8.15. The molecule has 2 aromatic rings. The largest absolute Gasteiger partial charge is 0.356 e. The summed E-state index contributed by atoms with van der Waals surface area (Å²) in [5.41, 5.74) is 1.17. The van der Waals surface area contributed by atoms with Crippen LogP contribution in [0.5, 0.6) is 0 Å². The first kappa shape index (κ1) is 13.6. The molecule has 18 heavy (non-hydrogen) atoms. The highest BCUT2D eigenvalue weighted by Crippen LogP contribution is 2.26. The minimum absolute atomic E-state index is 0.426. The van der Waals surface area contributed by atoms with Crippen molar-refractivity contribution in [3.8, 4) is 0 Å². The molecular weight excluding hydrogens is 308 g/mol. The molecule has 1 unspecified atom stereocenters. The third-order valence-corrected chi connectivity index (χ3v) is 4.51. The van der Waals surface area contributed by atoms with Crippen LogP contribution < -0.4 is 4.90 Å². The van der Waals surface area contributed by atoms with Gasteiger partial charge in [-0.2, -0.15) is 0 Å². The minimum atomic E-state index is 0.426. The molecule has 0 aliphatic heterocycles. The first-order valence-corrected chi connectivity index (χ1v) is 7.62. The minimum Gasteiger partial charge on any atom is -0.356 e. The van der Waals surface area contributed by atoms with Crippen molar-refractivity contribution < 1.29 is 0 Å². The Morgan fingerprint density at radius 3 is 2.89 bits per heavy atom. The number of pyridine rings is 1. The molecule has 0 amide bonds. The fraction of sp³-hybridized carbons (Fsp3) is 0.357. The van der Waals surface area contributed by atoms with Crippen LogP contribution in [0.4, 0.5) is 5.82 Å². The van der Waals surface area contributed by atoms with Crippen molar-refractivity contribution in [2.75, 3.05) is 11.9 Å². The van der Waals surface area contributed by atoms with Gasteiger partial charge in [0.25, 0.3) is 0 Å². The van der Waals surface area contributed by atoms with Crippen molar-refractivity contribution in [3.05, 3.63) is 44.7 Å². The van der Waals surface area contributed by atoms with Gasteiger partial charge in [0, 0.05) is 30.6 Å². The monoisotopic (exact) mass is 324 g/mol. The number of anilines is 1. The molecule has 0 saturated heterocycles. The lowest BCUT2D eigenvalue weighted by Crippen LogP contribution is -2.31. The van der Waals surface area contributed by atoms with E-state index in [1.54, 1.807) is 0 Å². The lowest BCUT2D eigenvalue weighted by atomic mass is 10.2. The maximum absolute atomic E-state index is 4.51. The Bertz CT molecular complexity index is 511. The number of nitrogens with zero attached hydrogens (tertiary/aromatic N) is 2. The van der Waals surface area contributed by atoms with E-state index in [2.05, 4.69) is 70.3 Å². The van der Waals surface area contributed by atoms with Crippen LogP contribution in [0.25, 0.3) is 0 Å². The van der Waals surface area contributed by atoms with Gasteiger partial charge in [-0.15, -0.1) is 11.3 Å². The van der Waals surface area contributed by atoms with Gasteiger partial charge in [0.05, 0.1) is 4.47 Å². The van der Waals surface area contributed by atoms with Crippen LogP contribution in [0, 0.1) is 6.92 Å². The zero-order valence-corrected chi connectivity index (χ0v) is 13.3. The van der Waals surface area contributed by atoms with E-state index >= 15 is 0 Å². The third-order valence-electron chi connectivity index (χ3n) is 3.03. The Labute approximate surface area is 121 Å². The van der Waals surface area contributed by atoms with Crippen LogP contribution in [0.3, 0.4) is 0 Å². The van der Waals surface area contributed by atoms with E-state index in [-0.39, 0.29) is 0 Å². The summed E-state index contributed by atoms with van der Waals surface area (Å²) in [7, 11) is 2.10. The number of thiophene rings is 1. The van der Waals surface area contributed by atoms with E-state index < -0.39 is 0 Å². The second-order valence-electron chi connectivity index (χ2n) is 4.56. The summed E-state index contributed by atoms with van der Waals surface area (Å²) in [5.74, 6) is 1.00. The normalized spacial score (nSPS) is 12.4. The predicted octanol–water partition coefficient (Wildman–Crippen LogP) is 4.28. The lowest BCUT2D eigenvalue weighted by molar-refractivity contribution is 0.679. The van der Waals surface area contributed by atoms with Crippen LogP contribution in [0.15, 0.2) is 34.2 Å². The molecule has 0 aliphatic rings. The van der Waals surface area contributed by atoms with Crippen molar-refractivity contribution in [2.24, 2.45) is 0 Å². The first-order valence-electron chi connectivity index (χ1n) is 5.95. The molecular formula is C14H17BrN2S. The summed E-state index contributed by atoms with van der Waals surface area (Å²) < 4.78 is 1.06. The highest BCUT2D eigenvalue weighted by atomic mass is 79.9. The average molecular weight is 325 g/mol. The first-order chi connectivity index (χ1) is 8.58. The molecule has 0 N–H and O–H groups in total. The molecule has 0 aliphatic carbocycles. The molecule has 0 bridgehead atoms. The Hall–Kier alpha value is -0.870. The number of aromatic nitrogens is 1. The number of rotatable bonds is 4. The predicted molar refractivity (Wildman–Crippen MR) is 82.6 cm³/mol. The topological polar surface area (TPSA) is 16.1 Å². The SMILES string of the molecule is Cc1cnc(N(C)C(C)Cc2cccs2)c(Br)c1. The summed E-state index contributed by atoms with van der Waals surface area (Å²) in [5, 5.41) is 2.13. The van der Waals surface area contributed by atoms with Gasteiger partial charge in [-0.05, 0) is 52.9 Å². The highest BCUT2D eigenvalue weighted by molar-refractivity contribution is 9.10. The van der Waals surface area contributed by atoms with E-state index in [0.717, 1.165) is 16.7 Å². The van der Waals surface area contributed by atoms with Crippen LogP contribution in [-0.4, -0.2) is 18.1 Å². The molecule has 0 spiro atoms. The fourth-order valence-electron chi connectivity index (χ4n) is 1.85. The second-order valence-corrected chi connectivity index (χ2v) is 6.45. The summed E-state index contributed by atoms with van der Waals surface area (Å²) >= 11 is 5.40. The smallest absolute Gasteiger partial charge is 0.142 e. The van der Waals surface area contributed by atoms with E-state index in [1.807, 2.05) is 17.5 Å². The Kier molecular flexibility index (Phi) is 4.40. The van der Waals surface area contributed by atoms with Crippen molar-refractivity contribution in [2.45, 2.75) is 26.3 Å². The van der Waals surface area contributed by atoms with Gasteiger partial charge < -0.3 is 4.90 Å². The van der Waals surface area contributed by atoms with E-state index in [9.17, 15) is 0 Å². The standard InChI is InChI=1S/C14H17BrN2S/c1-10-7-13(15)14(16-9-10)17(3)11(2)8-12-5-4-6-18-12/h4-7,9,11H,8H2,1-3H3. The van der Waals surface area contributed by atoms with Crippen molar-refractivity contribution >= 4 is 33.1 Å². The van der Waals surface area contributed by atoms with E-state index in [1.165, 1.54) is 10.4 Å². The van der Waals surface area contributed by atoms with Gasteiger partial charge in [-0.25, -0.2) is 4.98 Å². The molecule has 2 aromatic heterocycles. The number of halogens is 1. The lowest BCUT2D eigenvalue weighted by Gasteiger charge is -2.26. The van der Waals surface area contributed by atoms with Crippen LogP contribution in [-0.2, 0) is 6.42 Å². The van der Waals surface area contributed by atoms with Crippen LogP contribution >= 0.6 is 27.3 Å². The van der Waals surface area contributed by atoms with Gasteiger partial charge in [-0.1, -0.05) is 6.07 Å². The summed E-state index contributed by atoms with van der Waals surface area (Å²) in [6.07, 6.45) is 2.96. The number of likely N-dealkylation sites (N-methyl/N-ethyl adjacent to an activating group) is 1. The fourth-order valence-corrected chi connectivity index (χ4v) is 3.42. The van der Waals surface area contributed by atoms with Gasteiger partial charge in [-0.3, -0.25) is 0 Å². The zero-order valence-electron chi connectivity index (χ0n) is 10.9. The average Bonchev–Trinajstić information content (AvgIpc) is 2.81. The molecule has 2 heterocycles. The van der Waals surface area contributed by atoms with E-state index in [4.69, 9.17) is 0 Å². The van der Waals surface area contributed by atoms with E-state index in [0.29, 0.717) is 6.04 Å².